The number of hydrogen-bond acceptors (Lipinski definition) is 5. The molecule has 1 heterocycles. The lowest BCUT2D eigenvalue weighted by Gasteiger charge is -2.11. The van der Waals surface area contributed by atoms with E-state index in [1.807, 2.05) is 0 Å². The summed E-state index contributed by atoms with van der Waals surface area (Å²) in [6.07, 6.45) is -0.966. The Labute approximate surface area is 94.6 Å². The molecule has 0 radical (unpaired) electrons. The molecular weight excluding hydrogens is 256 g/mol. The summed E-state index contributed by atoms with van der Waals surface area (Å²) in [5, 5.41) is 2.63. The van der Waals surface area contributed by atoms with Gasteiger partial charge in [0.1, 0.15) is 0 Å². The van der Waals surface area contributed by atoms with Crippen LogP contribution in [0.15, 0.2) is 0 Å². The molecule has 1 unspecified atom stereocenters. The summed E-state index contributed by atoms with van der Waals surface area (Å²) in [5.41, 5.74) is 0. The minimum atomic E-state index is -2.26. The number of nitrogens with one attached hydrogen (secondary N) is 1. The van der Waals surface area contributed by atoms with Crippen LogP contribution in [0.3, 0.4) is 0 Å². The summed E-state index contributed by atoms with van der Waals surface area (Å²) >= 11 is 15.5. The SMILES string of the molecule is O=C(OC(=O)C(Cl)(Cl)Cl)C1NCCO1. The number of esters is 2. The molecular formula is C6H6Cl3NO4. The van der Waals surface area contributed by atoms with Crippen molar-refractivity contribution in [2.45, 2.75) is 10.0 Å². The van der Waals surface area contributed by atoms with Crippen LogP contribution in [0.4, 0.5) is 0 Å². The highest BCUT2D eigenvalue weighted by atomic mass is 35.6. The molecule has 0 aromatic heterocycles. The normalized spacial score (nSPS) is 22.1. The highest BCUT2D eigenvalue weighted by Gasteiger charge is 2.37. The summed E-state index contributed by atoms with van der Waals surface area (Å²) in [6.45, 7) is 0.865. The first-order valence-electron chi connectivity index (χ1n) is 3.59. The number of hydrogen-bond donors (Lipinski definition) is 1. The van der Waals surface area contributed by atoms with Crippen molar-refractivity contribution >= 4 is 46.7 Å². The molecule has 1 rings (SSSR count). The van der Waals surface area contributed by atoms with Crippen LogP contribution >= 0.6 is 34.8 Å². The van der Waals surface area contributed by atoms with Gasteiger partial charge in [-0.25, -0.2) is 9.59 Å². The van der Waals surface area contributed by atoms with Crippen LogP contribution in [-0.4, -0.2) is 35.1 Å². The second kappa shape index (κ2) is 4.63. The number of halogens is 3. The van der Waals surface area contributed by atoms with Gasteiger partial charge in [0, 0.05) is 6.54 Å². The second-order valence-corrected chi connectivity index (χ2v) is 4.69. The minimum Gasteiger partial charge on any atom is -0.387 e. The van der Waals surface area contributed by atoms with Crippen LogP contribution in [0, 0.1) is 0 Å². The molecule has 1 saturated heterocycles. The van der Waals surface area contributed by atoms with Crippen molar-refractivity contribution in [1.29, 1.82) is 0 Å². The topological polar surface area (TPSA) is 64.6 Å². The average molecular weight is 262 g/mol. The molecule has 14 heavy (non-hydrogen) atoms. The van der Waals surface area contributed by atoms with Crippen molar-refractivity contribution in [2.24, 2.45) is 0 Å². The van der Waals surface area contributed by atoms with Gasteiger partial charge < -0.3 is 9.47 Å². The fraction of sp³-hybridized carbons (Fsp3) is 0.667. The van der Waals surface area contributed by atoms with Crippen LogP contribution in [0.25, 0.3) is 0 Å². The van der Waals surface area contributed by atoms with Crippen molar-refractivity contribution in [2.75, 3.05) is 13.2 Å². The lowest BCUT2D eigenvalue weighted by atomic mass is 10.6. The number of alkyl halides is 3. The molecule has 1 atom stereocenters. The van der Waals surface area contributed by atoms with Gasteiger partial charge in [-0.2, -0.15) is 0 Å². The molecule has 0 aromatic rings. The highest BCUT2D eigenvalue weighted by molar-refractivity contribution is 6.75. The molecule has 0 bridgehead atoms. The lowest BCUT2D eigenvalue weighted by Crippen LogP contribution is -2.37. The second-order valence-electron chi connectivity index (χ2n) is 2.41. The Morgan fingerprint density at radius 2 is 2.07 bits per heavy atom. The molecule has 80 valence electrons. The zero-order chi connectivity index (χ0) is 10.8. The third-order valence-corrected chi connectivity index (χ3v) is 1.82. The van der Waals surface area contributed by atoms with Gasteiger partial charge in [0.2, 0.25) is 6.23 Å². The first-order chi connectivity index (χ1) is 6.41. The fourth-order valence-corrected chi connectivity index (χ4v) is 0.896. The molecule has 1 fully saturated rings. The largest absolute Gasteiger partial charge is 0.387 e. The zero-order valence-corrected chi connectivity index (χ0v) is 9.03. The highest BCUT2D eigenvalue weighted by Crippen LogP contribution is 2.27. The lowest BCUT2D eigenvalue weighted by molar-refractivity contribution is -0.166. The zero-order valence-electron chi connectivity index (χ0n) is 6.76. The van der Waals surface area contributed by atoms with Crippen molar-refractivity contribution in [3.05, 3.63) is 0 Å². The van der Waals surface area contributed by atoms with E-state index in [0.29, 0.717) is 13.2 Å². The molecule has 0 aromatic carbocycles. The van der Waals surface area contributed by atoms with E-state index in [9.17, 15) is 9.59 Å². The van der Waals surface area contributed by atoms with Gasteiger partial charge in [0.25, 0.3) is 3.79 Å². The smallest absolute Gasteiger partial charge is 0.366 e. The summed E-state index contributed by atoms with van der Waals surface area (Å²) in [6, 6.07) is 0. The van der Waals surface area contributed by atoms with E-state index < -0.39 is 22.0 Å². The maximum absolute atomic E-state index is 11.1. The van der Waals surface area contributed by atoms with Crippen LogP contribution in [0.5, 0.6) is 0 Å². The van der Waals surface area contributed by atoms with Crippen LogP contribution < -0.4 is 5.32 Å². The van der Waals surface area contributed by atoms with Gasteiger partial charge in [0.05, 0.1) is 6.61 Å². The standard InChI is InChI=1S/C6H6Cl3NO4/c7-6(8,9)5(12)14-4(11)3-10-1-2-13-3/h3,10H,1-2H2. The van der Waals surface area contributed by atoms with Gasteiger partial charge >= 0.3 is 11.9 Å². The molecule has 0 saturated carbocycles. The Morgan fingerprint density at radius 1 is 1.43 bits per heavy atom. The summed E-state index contributed by atoms with van der Waals surface area (Å²) < 4.78 is 6.84. The first kappa shape index (κ1) is 12.0. The molecule has 8 heteroatoms. The van der Waals surface area contributed by atoms with Gasteiger partial charge in [-0.1, -0.05) is 34.8 Å². The first-order valence-corrected chi connectivity index (χ1v) is 4.72. The number of carbonyl (C=O) groups is 2. The van der Waals surface area contributed by atoms with Gasteiger partial charge in [-0.05, 0) is 0 Å². The van der Waals surface area contributed by atoms with E-state index in [4.69, 9.17) is 39.5 Å². The monoisotopic (exact) mass is 261 g/mol. The van der Waals surface area contributed by atoms with E-state index in [1.54, 1.807) is 0 Å². The summed E-state index contributed by atoms with van der Waals surface area (Å²) in [7, 11) is 0. The Morgan fingerprint density at radius 3 is 2.50 bits per heavy atom. The predicted octanol–water partition coefficient (Wildman–Crippen LogP) is 0.372. The Kier molecular flexibility index (Phi) is 3.97. The number of rotatable bonds is 1. The minimum absolute atomic E-state index is 0.363. The molecule has 0 spiro atoms. The molecule has 5 nitrogen and oxygen atoms in total. The van der Waals surface area contributed by atoms with Crippen LogP contribution in [-0.2, 0) is 19.1 Å². The van der Waals surface area contributed by atoms with E-state index in [-0.39, 0.29) is 0 Å². The molecule has 0 amide bonds. The van der Waals surface area contributed by atoms with E-state index in [2.05, 4.69) is 10.1 Å². The van der Waals surface area contributed by atoms with Gasteiger partial charge in [-0.3, -0.25) is 5.32 Å². The van der Waals surface area contributed by atoms with Crippen molar-refractivity contribution < 1.29 is 19.1 Å². The summed E-state index contributed by atoms with van der Waals surface area (Å²) in [4.78, 5) is 22.0. The van der Waals surface area contributed by atoms with Crippen molar-refractivity contribution in [1.82, 2.24) is 5.32 Å². The number of ether oxygens (including phenoxy) is 2. The maximum atomic E-state index is 11.1. The van der Waals surface area contributed by atoms with E-state index >= 15 is 0 Å². The van der Waals surface area contributed by atoms with E-state index in [0.717, 1.165) is 0 Å². The molecule has 0 aliphatic carbocycles. The Balaban J connectivity index is 2.44. The third kappa shape index (κ3) is 3.25. The Hall–Kier alpha value is -0.0700. The molecule has 1 N–H and O–H groups in total. The maximum Gasteiger partial charge on any atom is 0.366 e. The summed E-state index contributed by atoms with van der Waals surface area (Å²) in [5.74, 6) is -2.16. The van der Waals surface area contributed by atoms with Crippen LogP contribution in [0.2, 0.25) is 0 Å². The van der Waals surface area contributed by atoms with Gasteiger partial charge in [0.15, 0.2) is 0 Å². The third-order valence-electron chi connectivity index (χ3n) is 1.36. The quantitative estimate of drug-likeness (QED) is 0.420. The predicted molar refractivity (Wildman–Crippen MR) is 49.1 cm³/mol. The molecule has 1 aliphatic heterocycles. The average Bonchev–Trinajstić information content (AvgIpc) is 2.53. The molecule has 1 aliphatic rings. The van der Waals surface area contributed by atoms with Crippen LogP contribution in [0.1, 0.15) is 0 Å². The van der Waals surface area contributed by atoms with Crippen molar-refractivity contribution in [3.63, 3.8) is 0 Å². The van der Waals surface area contributed by atoms with Crippen molar-refractivity contribution in [3.8, 4) is 0 Å². The Bertz CT molecular complexity index is 246. The number of carbonyl (C=O) groups excluding carboxylic acids is 2. The van der Waals surface area contributed by atoms with Gasteiger partial charge in [-0.15, -0.1) is 0 Å². The van der Waals surface area contributed by atoms with E-state index in [1.165, 1.54) is 0 Å². The fourth-order valence-electron chi connectivity index (χ4n) is 0.780.